The van der Waals surface area contributed by atoms with Gasteiger partial charge in [0.05, 0.1) is 0 Å². The fourth-order valence-corrected chi connectivity index (χ4v) is 2.35. The highest BCUT2D eigenvalue weighted by molar-refractivity contribution is 5.85. The van der Waals surface area contributed by atoms with Crippen LogP contribution in [0.4, 0.5) is 0 Å². The van der Waals surface area contributed by atoms with E-state index in [-0.39, 0.29) is 12.4 Å². The molecule has 1 N–H and O–H groups in total. The predicted octanol–water partition coefficient (Wildman–Crippen LogP) is 2.49. The van der Waals surface area contributed by atoms with Gasteiger partial charge in [-0.15, -0.1) is 12.4 Å². The molecule has 0 unspecified atom stereocenters. The van der Waals surface area contributed by atoms with Crippen LogP contribution in [-0.2, 0) is 0 Å². The Balaban J connectivity index is 0.000000605. The van der Waals surface area contributed by atoms with Gasteiger partial charge in [-0.3, -0.25) is 0 Å². The number of rotatable bonds is 0. The highest BCUT2D eigenvalue weighted by Crippen LogP contribution is 2.23. The molecule has 1 nitrogen and oxygen atoms in total. The molecule has 66 valence electrons. The van der Waals surface area contributed by atoms with Crippen LogP contribution in [0, 0.1) is 0 Å². The van der Waals surface area contributed by atoms with Crippen molar-refractivity contribution in [1.82, 2.24) is 5.32 Å². The minimum Gasteiger partial charge on any atom is -0.311 e. The SMILES string of the molecule is C1CC[C@H]2CCC[C@@H](C1)N2.Cl. The van der Waals surface area contributed by atoms with Gasteiger partial charge >= 0.3 is 0 Å². The average Bonchev–Trinajstić information content (AvgIpc) is 2.12. The summed E-state index contributed by atoms with van der Waals surface area (Å²) in [5, 5.41) is 3.72. The number of hydrogen-bond acceptors (Lipinski definition) is 1. The molecule has 2 saturated heterocycles. The maximum Gasteiger partial charge on any atom is 0.00696 e. The van der Waals surface area contributed by atoms with E-state index in [1.165, 1.54) is 44.9 Å². The molecule has 2 atom stereocenters. The second kappa shape index (κ2) is 4.32. The molecule has 2 aliphatic heterocycles. The summed E-state index contributed by atoms with van der Waals surface area (Å²) in [7, 11) is 0. The summed E-state index contributed by atoms with van der Waals surface area (Å²) in [6.45, 7) is 0. The summed E-state index contributed by atoms with van der Waals surface area (Å²) < 4.78 is 0. The van der Waals surface area contributed by atoms with Gasteiger partial charge in [0.15, 0.2) is 0 Å². The maximum absolute atomic E-state index is 3.72. The standard InChI is InChI=1S/C9H17N.ClH/c1-2-5-9-7-3-6-8(4-1)10-9;/h8-10H,1-7H2;1H/t8-,9+;. The smallest absolute Gasteiger partial charge is 0.00696 e. The number of halogens is 1. The van der Waals surface area contributed by atoms with Crippen LogP contribution < -0.4 is 5.32 Å². The third-order valence-electron chi connectivity index (χ3n) is 2.93. The van der Waals surface area contributed by atoms with Crippen molar-refractivity contribution in [2.75, 3.05) is 0 Å². The second-order valence-electron chi connectivity index (χ2n) is 3.78. The third kappa shape index (κ3) is 2.34. The molecule has 2 bridgehead atoms. The Hall–Kier alpha value is 0.250. The minimum atomic E-state index is 0. The Kier molecular flexibility index (Phi) is 3.67. The van der Waals surface area contributed by atoms with Gasteiger partial charge in [-0.1, -0.05) is 19.3 Å². The Morgan fingerprint density at radius 2 is 1.18 bits per heavy atom. The van der Waals surface area contributed by atoms with E-state index in [0.29, 0.717) is 0 Å². The first-order valence-corrected chi connectivity index (χ1v) is 4.71. The zero-order valence-corrected chi connectivity index (χ0v) is 7.83. The van der Waals surface area contributed by atoms with Crippen LogP contribution in [0.25, 0.3) is 0 Å². The first kappa shape index (κ1) is 9.34. The Morgan fingerprint density at radius 1 is 0.727 bits per heavy atom. The fourth-order valence-electron chi connectivity index (χ4n) is 2.35. The summed E-state index contributed by atoms with van der Waals surface area (Å²) in [6.07, 6.45) is 10.2. The molecule has 2 rings (SSSR count). The van der Waals surface area contributed by atoms with Gasteiger partial charge in [0, 0.05) is 12.1 Å². The summed E-state index contributed by atoms with van der Waals surface area (Å²) >= 11 is 0. The van der Waals surface area contributed by atoms with Gasteiger partial charge in [-0.05, 0) is 25.7 Å². The van der Waals surface area contributed by atoms with Crippen LogP contribution in [0.1, 0.15) is 44.9 Å². The molecule has 0 radical (unpaired) electrons. The Labute approximate surface area is 75.4 Å². The summed E-state index contributed by atoms with van der Waals surface area (Å²) in [5.41, 5.74) is 0. The van der Waals surface area contributed by atoms with E-state index >= 15 is 0 Å². The van der Waals surface area contributed by atoms with E-state index in [0.717, 1.165) is 12.1 Å². The molecule has 2 heterocycles. The molecule has 0 amide bonds. The van der Waals surface area contributed by atoms with Crippen LogP contribution >= 0.6 is 12.4 Å². The van der Waals surface area contributed by atoms with Crippen LogP contribution in [0.15, 0.2) is 0 Å². The first-order chi connectivity index (χ1) is 4.95. The number of fused-ring (bicyclic) bond motifs is 2. The van der Waals surface area contributed by atoms with Crippen molar-refractivity contribution in [3.63, 3.8) is 0 Å². The van der Waals surface area contributed by atoms with E-state index in [2.05, 4.69) is 5.32 Å². The van der Waals surface area contributed by atoms with Crippen molar-refractivity contribution in [3.05, 3.63) is 0 Å². The molecular formula is C9H18ClN. The summed E-state index contributed by atoms with van der Waals surface area (Å²) in [6, 6.07) is 1.78. The van der Waals surface area contributed by atoms with Crippen molar-refractivity contribution in [2.24, 2.45) is 0 Å². The zero-order chi connectivity index (χ0) is 6.81. The lowest BCUT2D eigenvalue weighted by Crippen LogP contribution is -2.40. The van der Waals surface area contributed by atoms with Crippen molar-refractivity contribution >= 4 is 12.4 Å². The minimum absolute atomic E-state index is 0. The number of nitrogens with one attached hydrogen (secondary N) is 1. The molecule has 0 spiro atoms. The first-order valence-electron chi connectivity index (χ1n) is 4.71. The van der Waals surface area contributed by atoms with Gasteiger partial charge < -0.3 is 5.32 Å². The van der Waals surface area contributed by atoms with E-state index in [1.807, 2.05) is 0 Å². The molecule has 2 aliphatic rings. The maximum atomic E-state index is 3.72. The molecule has 0 aromatic carbocycles. The summed E-state index contributed by atoms with van der Waals surface area (Å²) in [4.78, 5) is 0. The molecule has 2 heteroatoms. The number of hydrogen-bond donors (Lipinski definition) is 1. The van der Waals surface area contributed by atoms with E-state index < -0.39 is 0 Å². The van der Waals surface area contributed by atoms with Crippen molar-refractivity contribution < 1.29 is 0 Å². The fraction of sp³-hybridized carbons (Fsp3) is 1.00. The second-order valence-corrected chi connectivity index (χ2v) is 3.78. The average molecular weight is 176 g/mol. The van der Waals surface area contributed by atoms with Crippen molar-refractivity contribution in [1.29, 1.82) is 0 Å². The lowest BCUT2D eigenvalue weighted by Gasteiger charge is -2.27. The highest BCUT2D eigenvalue weighted by Gasteiger charge is 2.22. The van der Waals surface area contributed by atoms with Crippen LogP contribution in [0.2, 0.25) is 0 Å². The summed E-state index contributed by atoms with van der Waals surface area (Å²) in [5.74, 6) is 0. The van der Waals surface area contributed by atoms with Gasteiger partial charge in [0.1, 0.15) is 0 Å². The van der Waals surface area contributed by atoms with E-state index in [1.54, 1.807) is 0 Å². The topological polar surface area (TPSA) is 12.0 Å². The van der Waals surface area contributed by atoms with Crippen LogP contribution in [0.3, 0.4) is 0 Å². The third-order valence-corrected chi connectivity index (χ3v) is 2.93. The molecule has 11 heavy (non-hydrogen) atoms. The van der Waals surface area contributed by atoms with Gasteiger partial charge in [0.25, 0.3) is 0 Å². The normalized spacial score (nSPS) is 37.1. The van der Waals surface area contributed by atoms with E-state index in [9.17, 15) is 0 Å². The lowest BCUT2D eigenvalue weighted by atomic mass is 9.98. The molecule has 0 aromatic heterocycles. The van der Waals surface area contributed by atoms with Crippen LogP contribution in [-0.4, -0.2) is 12.1 Å². The van der Waals surface area contributed by atoms with Crippen molar-refractivity contribution in [3.8, 4) is 0 Å². The predicted molar refractivity (Wildman–Crippen MR) is 50.3 cm³/mol. The van der Waals surface area contributed by atoms with Crippen LogP contribution in [0.5, 0.6) is 0 Å². The van der Waals surface area contributed by atoms with Gasteiger partial charge in [0.2, 0.25) is 0 Å². The monoisotopic (exact) mass is 175 g/mol. The van der Waals surface area contributed by atoms with Crippen molar-refractivity contribution in [2.45, 2.75) is 57.0 Å². The van der Waals surface area contributed by atoms with E-state index in [4.69, 9.17) is 0 Å². The molecule has 0 aliphatic carbocycles. The quantitative estimate of drug-likeness (QED) is 0.597. The Bertz CT molecular complexity index is 104. The molecule has 2 fully saturated rings. The molecule has 0 saturated carbocycles. The molecule has 0 aromatic rings. The number of piperidine rings is 1. The van der Waals surface area contributed by atoms with Gasteiger partial charge in [-0.2, -0.15) is 0 Å². The lowest BCUT2D eigenvalue weighted by molar-refractivity contribution is 0.324. The largest absolute Gasteiger partial charge is 0.311 e. The van der Waals surface area contributed by atoms with Gasteiger partial charge in [-0.25, -0.2) is 0 Å². The Morgan fingerprint density at radius 3 is 1.73 bits per heavy atom. The highest BCUT2D eigenvalue weighted by atomic mass is 35.5. The zero-order valence-electron chi connectivity index (χ0n) is 7.01. The molecular weight excluding hydrogens is 158 g/mol.